The number of hydrogen-bond donors (Lipinski definition) is 3. The summed E-state index contributed by atoms with van der Waals surface area (Å²) in [6.07, 6.45) is 4.85. The lowest BCUT2D eigenvalue weighted by molar-refractivity contribution is 0.0824. The molecular weight excluding hydrogens is 369 g/mol. The van der Waals surface area contributed by atoms with Gasteiger partial charge in [0.25, 0.3) is 0 Å². The molecule has 2 heterocycles. The predicted octanol–water partition coefficient (Wildman–Crippen LogP) is 2.20. The van der Waals surface area contributed by atoms with E-state index in [9.17, 15) is 9.50 Å². The Balaban J connectivity index is 1.46. The highest BCUT2D eigenvalue weighted by Crippen LogP contribution is 2.20. The van der Waals surface area contributed by atoms with E-state index in [4.69, 9.17) is 4.99 Å². The molecule has 0 spiro atoms. The molecule has 1 aromatic carbocycles. The van der Waals surface area contributed by atoms with Crippen LogP contribution in [0.5, 0.6) is 0 Å². The molecule has 2 saturated heterocycles. The van der Waals surface area contributed by atoms with E-state index < -0.39 is 0 Å². The quantitative estimate of drug-likeness (QED) is 0.369. The van der Waals surface area contributed by atoms with E-state index in [0.717, 1.165) is 89.6 Å². The number of nitrogens with zero attached hydrogens (tertiary/aromatic N) is 3. The van der Waals surface area contributed by atoms with Crippen molar-refractivity contribution < 1.29 is 9.50 Å². The van der Waals surface area contributed by atoms with Crippen LogP contribution in [0.4, 0.5) is 10.1 Å². The van der Waals surface area contributed by atoms with Gasteiger partial charge < -0.3 is 25.5 Å². The van der Waals surface area contributed by atoms with Crippen LogP contribution >= 0.6 is 0 Å². The molecule has 0 aliphatic carbocycles. The van der Waals surface area contributed by atoms with Gasteiger partial charge in [-0.05, 0) is 63.8 Å². The van der Waals surface area contributed by atoms with Crippen molar-refractivity contribution in [3.8, 4) is 0 Å². The molecule has 1 unspecified atom stereocenters. The first-order valence-electron chi connectivity index (χ1n) is 11.1. The van der Waals surface area contributed by atoms with Crippen LogP contribution < -0.4 is 15.5 Å². The molecule has 3 rings (SSSR count). The highest BCUT2D eigenvalue weighted by molar-refractivity contribution is 5.80. The van der Waals surface area contributed by atoms with Crippen LogP contribution in [0.15, 0.2) is 29.3 Å². The average Bonchev–Trinajstić information content (AvgIpc) is 2.73. The Kier molecular flexibility index (Phi) is 8.55. The fourth-order valence-corrected chi connectivity index (χ4v) is 4.14. The molecule has 6 nitrogen and oxygen atoms in total. The van der Waals surface area contributed by atoms with Gasteiger partial charge in [-0.2, -0.15) is 0 Å². The second-order valence-corrected chi connectivity index (χ2v) is 8.10. The van der Waals surface area contributed by atoms with Gasteiger partial charge in [0.05, 0.1) is 6.10 Å². The fourth-order valence-electron chi connectivity index (χ4n) is 4.14. The highest BCUT2D eigenvalue weighted by atomic mass is 19.1. The van der Waals surface area contributed by atoms with Crippen LogP contribution in [-0.4, -0.2) is 73.9 Å². The number of rotatable bonds is 7. The third-order valence-electron chi connectivity index (χ3n) is 5.74. The number of piperidine rings is 2. The topological polar surface area (TPSA) is 63.1 Å². The van der Waals surface area contributed by atoms with Crippen LogP contribution in [0.1, 0.15) is 39.0 Å². The SMILES string of the molecule is CCNC(=NCCCN1CCC(O)CC1)NC1CCCN(c2cccc(F)c2)C1. The highest BCUT2D eigenvalue weighted by Gasteiger charge is 2.21. The summed E-state index contributed by atoms with van der Waals surface area (Å²) in [4.78, 5) is 9.42. The van der Waals surface area contributed by atoms with Gasteiger partial charge >= 0.3 is 0 Å². The number of hydrogen-bond acceptors (Lipinski definition) is 4. The minimum atomic E-state index is -0.185. The maximum atomic E-state index is 13.6. The molecule has 0 saturated carbocycles. The van der Waals surface area contributed by atoms with Crippen LogP contribution in [0, 0.1) is 5.82 Å². The normalized spacial score (nSPS) is 22.0. The molecule has 162 valence electrons. The third-order valence-corrected chi connectivity index (χ3v) is 5.74. The fraction of sp³-hybridized carbons (Fsp3) is 0.682. The van der Waals surface area contributed by atoms with Crippen molar-refractivity contribution >= 4 is 11.6 Å². The second-order valence-electron chi connectivity index (χ2n) is 8.10. The van der Waals surface area contributed by atoms with Crippen molar-refractivity contribution in [3.63, 3.8) is 0 Å². The lowest BCUT2D eigenvalue weighted by Crippen LogP contribution is -2.51. The van der Waals surface area contributed by atoms with Gasteiger partial charge in [-0.1, -0.05) is 6.07 Å². The first-order chi connectivity index (χ1) is 14.1. The molecule has 0 amide bonds. The molecule has 29 heavy (non-hydrogen) atoms. The number of aliphatic hydroxyl groups is 1. The van der Waals surface area contributed by atoms with Gasteiger partial charge in [-0.25, -0.2) is 4.39 Å². The van der Waals surface area contributed by atoms with Crippen LogP contribution in [-0.2, 0) is 0 Å². The smallest absolute Gasteiger partial charge is 0.191 e. The average molecular weight is 406 g/mol. The minimum absolute atomic E-state index is 0.115. The lowest BCUT2D eigenvalue weighted by atomic mass is 10.0. The first-order valence-corrected chi connectivity index (χ1v) is 11.1. The minimum Gasteiger partial charge on any atom is -0.393 e. The van der Waals surface area contributed by atoms with E-state index in [2.05, 4.69) is 27.4 Å². The van der Waals surface area contributed by atoms with E-state index in [1.807, 2.05) is 6.07 Å². The zero-order valence-corrected chi connectivity index (χ0v) is 17.6. The van der Waals surface area contributed by atoms with Crippen molar-refractivity contribution in [2.45, 2.75) is 51.2 Å². The molecule has 2 fully saturated rings. The van der Waals surface area contributed by atoms with E-state index in [1.165, 1.54) is 6.07 Å². The Morgan fingerprint density at radius 3 is 2.83 bits per heavy atom. The van der Waals surface area contributed by atoms with Crippen LogP contribution in [0.2, 0.25) is 0 Å². The molecule has 0 bridgehead atoms. The van der Waals surface area contributed by atoms with Crippen molar-refractivity contribution in [2.24, 2.45) is 4.99 Å². The summed E-state index contributed by atoms with van der Waals surface area (Å²) in [5.74, 6) is 0.684. The second kappa shape index (κ2) is 11.4. The van der Waals surface area contributed by atoms with Gasteiger partial charge in [0.2, 0.25) is 0 Å². The first kappa shape index (κ1) is 21.8. The maximum Gasteiger partial charge on any atom is 0.191 e. The molecule has 1 atom stereocenters. The van der Waals surface area contributed by atoms with E-state index in [-0.39, 0.29) is 11.9 Å². The van der Waals surface area contributed by atoms with Crippen molar-refractivity contribution in [1.82, 2.24) is 15.5 Å². The number of aliphatic imine (C=N–C) groups is 1. The van der Waals surface area contributed by atoms with Gasteiger partial charge in [0.1, 0.15) is 5.82 Å². The van der Waals surface area contributed by atoms with Gasteiger partial charge in [0, 0.05) is 51.0 Å². The molecule has 2 aliphatic rings. The summed E-state index contributed by atoms with van der Waals surface area (Å²) in [6.45, 7) is 8.51. The third kappa shape index (κ3) is 7.16. The summed E-state index contributed by atoms with van der Waals surface area (Å²) in [5.41, 5.74) is 0.949. The number of halogens is 1. The van der Waals surface area contributed by atoms with E-state index in [0.29, 0.717) is 6.04 Å². The monoisotopic (exact) mass is 405 g/mol. The summed E-state index contributed by atoms with van der Waals surface area (Å²) < 4.78 is 13.6. The molecule has 7 heteroatoms. The van der Waals surface area contributed by atoms with Crippen LogP contribution in [0.25, 0.3) is 0 Å². The molecule has 3 N–H and O–H groups in total. The standard InChI is InChI=1S/C22H36FN5O/c1-2-24-22(25-11-5-12-27-14-9-21(29)10-15-27)26-19-7-4-13-28(17-19)20-8-3-6-18(23)16-20/h3,6,8,16,19,21,29H,2,4-5,7,9-15,17H2,1H3,(H2,24,25,26). The number of likely N-dealkylation sites (tertiary alicyclic amines) is 1. The Bertz CT molecular complexity index is 648. The zero-order chi connectivity index (χ0) is 20.5. The number of anilines is 1. The summed E-state index contributed by atoms with van der Waals surface area (Å²) in [7, 11) is 0. The van der Waals surface area contributed by atoms with Crippen molar-refractivity contribution in [3.05, 3.63) is 30.1 Å². The number of benzene rings is 1. The lowest BCUT2D eigenvalue weighted by Gasteiger charge is -2.35. The van der Waals surface area contributed by atoms with Gasteiger partial charge in [-0.3, -0.25) is 4.99 Å². The Morgan fingerprint density at radius 1 is 1.24 bits per heavy atom. The van der Waals surface area contributed by atoms with Crippen molar-refractivity contribution in [2.75, 3.05) is 50.7 Å². The van der Waals surface area contributed by atoms with Gasteiger partial charge in [-0.15, -0.1) is 0 Å². The summed E-state index contributed by atoms with van der Waals surface area (Å²) >= 11 is 0. The molecule has 0 aromatic heterocycles. The Labute approximate surface area is 174 Å². The van der Waals surface area contributed by atoms with E-state index in [1.54, 1.807) is 12.1 Å². The number of nitrogens with one attached hydrogen (secondary N) is 2. The predicted molar refractivity (Wildman–Crippen MR) is 117 cm³/mol. The maximum absolute atomic E-state index is 13.6. The number of guanidine groups is 1. The van der Waals surface area contributed by atoms with Gasteiger partial charge in [0.15, 0.2) is 5.96 Å². The Hall–Kier alpha value is -1.86. The largest absolute Gasteiger partial charge is 0.393 e. The molecule has 1 aromatic rings. The van der Waals surface area contributed by atoms with Crippen molar-refractivity contribution in [1.29, 1.82) is 0 Å². The van der Waals surface area contributed by atoms with Crippen LogP contribution in [0.3, 0.4) is 0 Å². The number of aliphatic hydroxyl groups excluding tert-OH is 1. The van der Waals surface area contributed by atoms with E-state index >= 15 is 0 Å². The zero-order valence-electron chi connectivity index (χ0n) is 17.6. The molecule has 0 radical (unpaired) electrons. The Morgan fingerprint density at radius 2 is 2.07 bits per heavy atom. The summed E-state index contributed by atoms with van der Waals surface area (Å²) in [5, 5.41) is 16.5. The molecular formula is C22H36FN5O. The molecule has 2 aliphatic heterocycles. The summed E-state index contributed by atoms with van der Waals surface area (Å²) in [6, 6.07) is 7.15.